The molecule has 0 radical (unpaired) electrons. The van der Waals surface area contributed by atoms with Crippen LogP contribution in [-0.4, -0.2) is 13.1 Å². The van der Waals surface area contributed by atoms with Crippen molar-refractivity contribution in [3.05, 3.63) is 97.1 Å². The number of nitrogens with zero attached hydrogens (tertiary/aromatic N) is 2. The van der Waals surface area contributed by atoms with E-state index < -0.39 is 0 Å². The number of unbranched alkanes of at least 4 members (excludes halogenated alkanes) is 6. The molecule has 0 atom stereocenters. The zero-order valence-corrected chi connectivity index (χ0v) is 28.9. The monoisotopic (exact) mass is 646 g/mol. The van der Waals surface area contributed by atoms with Crippen LogP contribution in [0.5, 0.6) is 0 Å². The Kier molecular flexibility index (Phi) is 9.57. The van der Waals surface area contributed by atoms with E-state index in [0.717, 1.165) is 13.1 Å². The summed E-state index contributed by atoms with van der Waals surface area (Å²) in [6.07, 6.45) is 10.2. The maximum Gasteiger partial charge on any atom is 0.0553 e. The smallest absolute Gasteiger partial charge is 0.0553 e. The van der Waals surface area contributed by atoms with E-state index in [2.05, 4.69) is 121 Å². The standard InChI is InChI=1S/C40H42N2S3/c1-3-5-7-13-25-41-31-15-9-11-17-37(31)44-39-27-29(19-21-33(39)41)35-23-24-36(43-35)30-20-22-34-40(28-30)45-38-18-12-10-16-32(38)42(34)26-14-8-6-4-2/h9-12,15-24,27-28H,3-8,13-14,25-26H2,1-2H3. The Morgan fingerprint density at radius 3 is 1.36 bits per heavy atom. The molecule has 45 heavy (non-hydrogen) atoms. The Bertz CT molecular complexity index is 1650. The summed E-state index contributed by atoms with van der Waals surface area (Å²) >= 11 is 5.74. The van der Waals surface area contributed by atoms with Gasteiger partial charge in [0.1, 0.15) is 0 Å². The minimum Gasteiger partial charge on any atom is -0.340 e. The summed E-state index contributed by atoms with van der Waals surface area (Å²) in [4.78, 5) is 13.2. The molecule has 4 aromatic carbocycles. The normalized spacial score (nSPS) is 13.3. The summed E-state index contributed by atoms with van der Waals surface area (Å²) in [7, 11) is 0. The summed E-state index contributed by atoms with van der Waals surface area (Å²) in [6.45, 7) is 6.72. The molecule has 2 aliphatic heterocycles. The van der Waals surface area contributed by atoms with Crippen molar-refractivity contribution in [3.63, 3.8) is 0 Å². The number of rotatable bonds is 12. The van der Waals surface area contributed by atoms with Crippen LogP contribution in [0.4, 0.5) is 22.7 Å². The Morgan fingerprint density at radius 1 is 0.444 bits per heavy atom. The molecule has 230 valence electrons. The first kappa shape index (κ1) is 30.5. The number of hydrogen-bond donors (Lipinski definition) is 0. The highest BCUT2D eigenvalue weighted by Gasteiger charge is 2.25. The largest absolute Gasteiger partial charge is 0.340 e. The van der Waals surface area contributed by atoms with Crippen LogP contribution in [0.15, 0.2) is 117 Å². The van der Waals surface area contributed by atoms with E-state index in [1.54, 1.807) is 0 Å². The van der Waals surface area contributed by atoms with E-state index >= 15 is 0 Å². The van der Waals surface area contributed by atoms with Crippen molar-refractivity contribution in [1.82, 2.24) is 0 Å². The minimum absolute atomic E-state index is 1.07. The molecule has 0 spiro atoms. The second kappa shape index (κ2) is 14.1. The molecule has 0 N–H and O–H groups in total. The lowest BCUT2D eigenvalue weighted by molar-refractivity contribution is 0.666. The van der Waals surface area contributed by atoms with Crippen LogP contribution >= 0.6 is 34.9 Å². The Balaban J connectivity index is 1.14. The average molecular weight is 647 g/mol. The third kappa shape index (κ3) is 6.45. The second-order valence-corrected chi connectivity index (χ2v) is 15.3. The van der Waals surface area contributed by atoms with Crippen LogP contribution in [0.2, 0.25) is 0 Å². The van der Waals surface area contributed by atoms with Gasteiger partial charge in [0.2, 0.25) is 0 Å². The first-order valence-corrected chi connectivity index (χ1v) is 19.2. The van der Waals surface area contributed by atoms with Gasteiger partial charge in [0, 0.05) is 42.4 Å². The number of para-hydroxylation sites is 2. The van der Waals surface area contributed by atoms with Gasteiger partial charge in [-0.25, -0.2) is 0 Å². The van der Waals surface area contributed by atoms with Gasteiger partial charge in [0.25, 0.3) is 0 Å². The predicted molar refractivity (Wildman–Crippen MR) is 199 cm³/mol. The van der Waals surface area contributed by atoms with Gasteiger partial charge in [-0.1, -0.05) is 112 Å². The van der Waals surface area contributed by atoms with Gasteiger partial charge in [-0.05, 0) is 84.6 Å². The van der Waals surface area contributed by atoms with Gasteiger partial charge < -0.3 is 9.80 Å². The Morgan fingerprint density at radius 2 is 0.889 bits per heavy atom. The molecule has 0 fully saturated rings. The lowest BCUT2D eigenvalue weighted by atomic mass is 10.1. The number of hydrogen-bond acceptors (Lipinski definition) is 5. The number of anilines is 4. The topological polar surface area (TPSA) is 6.48 Å². The summed E-state index contributed by atoms with van der Waals surface area (Å²) in [5.74, 6) is 0. The molecule has 1 aromatic heterocycles. The van der Waals surface area contributed by atoms with Gasteiger partial charge >= 0.3 is 0 Å². The molecule has 2 nitrogen and oxygen atoms in total. The summed E-state index contributed by atoms with van der Waals surface area (Å²) in [6, 6.07) is 36.6. The van der Waals surface area contributed by atoms with Crippen LogP contribution in [0.1, 0.15) is 65.2 Å². The molecule has 0 saturated carbocycles. The van der Waals surface area contributed by atoms with Gasteiger partial charge in [0.15, 0.2) is 0 Å². The average Bonchev–Trinajstić information content (AvgIpc) is 3.58. The van der Waals surface area contributed by atoms with Crippen molar-refractivity contribution in [1.29, 1.82) is 0 Å². The van der Waals surface area contributed by atoms with Crippen molar-refractivity contribution in [3.8, 4) is 20.9 Å². The highest BCUT2D eigenvalue weighted by Crippen LogP contribution is 2.51. The van der Waals surface area contributed by atoms with Crippen LogP contribution in [0, 0.1) is 0 Å². The van der Waals surface area contributed by atoms with Crippen molar-refractivity contribution < 1.29 is 0 Å². The molecule has 7 rings (SSSR count). The van der Waals surface area contributed by atoms with Crippen LogP contribution in [-0.2, 0) is 0 Å². The van der Waals surface area contributed by atoms with Crippen molar-refractivity contribution in [2.75, 3.05) is 22.9 Å². The van der Waals surface area contributed by atoms with Crippen LogP contribution < -0.4 is 9.80 Å². The SMILES string of the molecule is CCCCCCN1c2ccccc2Sc2cc(-c3ccc(-c4ccc5c(c4)Sc4ccccc4N5CCCCCC)s3)ccc21. The zero-order chi connectivity index (χ0) is 30.6. The van der Waals surface area contributed by atoms with E-state index in [0.29, 0.717) is 0 Å². The maximum absolute atomic E-state index is 2.55. The van der Waals surface area contributed by atoms with Crippen LogP contribution in [0.3, 0.4) is 0 Å². The first-order valence-electron chi connectivity index (χ1n) is 16.7. The summed E-state index contributed by atoms with van der Waals surface area (Å²) in [5, 5.41) is 0. The highest BCUT2D eigenvalue weighted by molar-refractivity contribution is 8.00. The number of benzene rings is 4. The predicted octanol–water partition coefficient (Wildman–Crippen LogP) is 13.4. The molecule has 0 saturated heterocycles. The van der Waals surface area contributed by atoms with Crippen LogP contribution in [0.25, 0.3) is 20.9 Å². The fourth-order valence-electron chi connectivity index (χ4n) is 6.50. The molecule has 2 aliphatic rings. The van der Waals surface area contributed by atoms with Gasteiger partial charge in [-0.15, -0.1) is 11.3 Å². The third-order valence-electron chi connectivity index (χ3n) is 8.90. The lowest BCUT2D eigenvalue weighted by Gasteiger charge is -2.33. The second-order valence-electron chi connectivity index (χ2n) is 12.1. The fraction of sp³-hybridized carbons (Fsp3) is 0.300. The fourth-order valence-corrected chi connectivity index (χ4v) is 9.77. The van der Waals surface area contributed by atoms with E-state index in [1.165, 1.54) is 115 Å². The van der Waals surface area contributed by atoms with Crippen molar-refractivity contribution >= 4 is 57.6 Å². The molecule has 5 aromatic rings. The third-order valence-corrected chi connectivity index (χ3v) is 12.3. The van der Waals surface area contributed by atoms with Crippen molar-refractivity contribution in [2.45, 2.75) is 84.8 Å². The van der Waals surface area contributed by atoms with Gasteiger partial charge in [-0.2, -0.15) is 0 Å². The highest BCUT2D eigenvalue weighted by atomic mass is 32.2. The van der Waals surface area contributed by atoms with E-state index in [4.69, 9.17) is 0 Å². The Hall–Kier alpha value is -3.12. The van der Waals surface area contributed by atoms with E-state index in [1.807, 2.05) is 34.9 Å². The molecule has 0 amide bonds. The number of fused-ring (bicyclic) bond motifs is 4. The molecule has 0 unspecified atom stereocenters. The summed E-state index contributed by atoms with van der Waals surface area (Å²) < 4.78 is 0. The zero-order valence-electron chi connectivity index (χ0n) is 26.4. The van der Waals surface area contributed by atoms with Crippen molar-refractivity contribution in [2.24, 2.45) is 0 Å². The molecule has 3 heterocycles. The lowest BCUT2D eigenvalue weighted by Crippen LogP contribution is -2.21. The van der Waals surface area contributed by atoms with E-state index in [-0.39, 0.29) is 0 Å². The Labute approximate surface area is 281 Å². The molecular formula is C40H42N2S3. The summed E-state index contributed by atoms with van der Waals surface area (Å²) in [5.41, 5.74) is 8.02. The van der Waals surface area contributed by atoms with Gasteiger partial charge in [0.05, 0.1) is 22.7 Å². The molecule has 0 aliphatic carbocycles. The minimum atomic E-state index is 1.07. The molecule has 0 bridgehead atoms. The van der Waals surface area contributed by atoms with E-state index in [9.17, 15) is 0 Å². The molecule has 5 heteroatoms. The molecular weight excluding hydrogens is 605 g/mol. The quantitative estimate of drug-likeness (QED) is 0.124. The number of thiophene rings is 1. The van der Waals surface area contributed by atoms with Gasteiger partial charge in [-0.3, -0.25) is 0 Å². The maximum atomic E-state index is 2.55. The first-order chi connectivity index (χ1) is 22.2.